The summed E-state index contributed by atoms with van der Waals surface area (Å²) in [5.41, 5.74) is 0.544. The zero-order valence-electron chi connectivity index (χ0n) is 12.7. The highest BCUT2D eigenvalue weighted by atomic mass is 16.4. The molecule has 1 fully saturated rings. The van der Waals surface area contributed by atoms with Crippen LogP contribution in [-0.2, 0) is 16.0 Å². The molecule has 0 unspecified atom stereocenters. The number of phenolic OH excluding ortho intramolecular Hbond substituents is 3. The van der Waals surface area contributed by atoms with Crippen molar-refractivity contribution in [2.45, 2.75) is 44.6 Å². The lowest BCUT2D eigenvalue weighted by molar-refractivity contribution is -0.142. The van der Waals surface area contributed by atoms with E-state index in [9.17, 15) is 24.9 Å². The minimum absolute atomic E-state index is 0.000256. The first-order valence-corrected chi connectivity index (χ1v) is 7.62. The van der Waals surface area contributed by atoms with Gasteiger partial charge in [-0.1, -0.05) is 0 Å². The molecule has 5 N–H and O–H groups in total. The van der Waals surface area contributed by atoms with Crippen LogP contribution < -0.4 is 5.32 Å². The number of hydrogen-bond donors (Lipinski definition) is 5. The number of phenols is 3. The molecule has 1 aliphatic carbocycles. The highest BCUT2D eigenvalue weighted by Gasteiger charge is 2.26. The average Bonchev–Trinajstić information content (AvgIpc) is 2.51. The fourth-order valence-electron chi connectivity index (χ4n) is 2.85. The lowest BCUT2D eigenvalue weighted by Gasteiger charge is -2.26. The highest BCUT2D eigenvalue weighted by Crippen LogP contribution is 2.35. The van der Waals surface area contributed by atoms with Gasteiger partial charge in [0.15, 0.2) is 17.2 Å². The summed E-state index contributed by atoms with van der Waals surface area (Å²) in [6, 6.07) is 2.61. The molecule has 0 aromatic heterocycles. The van der Waals surface area contributed by atoms with Crippen molar-refractivity contribution < 1.29 is 30.0 Å². The number of rotatable bonds is 5. The summed E-state index contributed by atoms with van der Waals surface area (Å²) in [6.07, 6.45) is 2.95. The number of aromatic hydroxyl groups is 3. The monoisotopic (exact) mass is 323 g/mol. The van der Waals surface area contributed by atoms with Crippen molar-refractivity contribution in [2.75, 3.05) is 0 Å². The number of aryl methyl sites for hydroxylation is 1. The summed E-state index contributed by atoms with van der Waals surface area (Å²) in [5, 5.41) is 39.9. The van der Waals surface area contributed by atoms with Crippen LogP contribution >= 0.6 is 0 Å². The quantitative estimate of drug-likeness (QED) is 0.523. The fraction of sp³-hybridized carbons (Fsp3) is 0.500. The molecule has 0 aliphatic heterocycles. The molecular formula is C16H21NO6. The van der Waals surface area contributed by atoms with Crippen molar-refractivity contribution in [1.82, 2.24) is 5.32 Å². The van der Waals surface area contributed by atoms with Crippen molar-refractivity contribution in [3.05, 3.63) is 17.7 Å². The van der Waals surface area contributed by atoms with Crippen LogP contribution in [0.15, 0.2) is 12.1 Å². The number of hydrogen-bond acceptors (Lipinski definition) is 5. The highest BCUT2D eigenvalue weighted by molar-refractivity contribution is 5.76. The summed E-state index contributed by atoms with van der Waals surface area (Å²) in [4.78, 5) is 22.8. The molecule has 0 saturated heterocycles. The van der Waals surface area contributed by atoms with Crippen LogP contribution in [0.25, 0.3) is 0 Å². The van der Waals surface area contributed by atoms with Gasteiger partial charge in [-0.15, -0.1) is 0 Å². The molecule has 0 spiro atoms. The molecular weight excluding hydrogens is 302 g/mol. The zero-order valence-corrected chi connectivity index (χ0v) is 12.7. The predicted molar refractivity (Wildman–Crippen MR) is 81.3 cm³/mol. The van der Waals surface area contributed by atoms with E-state index >= 15 is 0 Å². The van der Waals surface area contributed by atoms with E-state index in [2.05, 4.69) is 5.32 Å². The maximum atomic E-state index is 11.9. The van der Waals surface area contributed by atoms with Crippen molar-refractivity contribution in [3.8, 4) is 17.2 Å². The van der Waals surface area contributed by atoms with E-state index in [4.69, 9.17) is 5.11 Å². The Morgan fingerprint density at radius 3 is 2.13 bits per heavy atom. The summed E-state index contributed by atoms with van der Waals surface area (Å²) in [5.74, 6) is -2.67. The van der Waals surface area contributed by atoms with Crippen LogP contribution in [0, 0.1) is 5.92 Å². The molecule has 0 radical (unpaired) electrons. The smallest absolute Gasteiger partial charge is 0.306 e. The van der Waals surface area contributed by atoms with Gasteiger partial charge in [-0.05, 0) is 49.8 Å². The van der Waals surface area contributed by atoms with Gasteiger partial charge in [-0.2, -0.15) is 0 Å². The third-order valence-corrected chi connectivity index (χ3v) is 4.21. The van der Waals surface area contributed by atoms with Gasteiger partial charge in [-0.3, -0.25) is 9.59 Å². The minimum atomic E-state index is -0.776. The van der Waals surface area contributed by atoms with E-state index in [1.54, 1.807) is 0 Å². The molecule has 1 aliphatic rings. The predicted octanol–water partition coefficient (Wildman–Crippen LogP) is 1.50. The number of carbonyl (C=O) groups is 2. The average molecular weight is 323 g/mol. The standard InChI is InChI=1S/C16H21NO6/c18-12-7-9(8-13(19)15(12)21)1-6-14(20)17-11-4-2-10(3-5-11)16(22)23/h7-8,10-11,18-19,21H,1-6H2,(H,17,20)(H,22,23). The molecule has 1 amide bonds. The molecule has 1 aromatic carbocycles. The zero-order chi connectivity index (χ0) is 17.0. The van der Waals surface area contributed by atoms with Crippen LogP contribution in [0.1, 0.15) is 37.7 Å². The second-order valence-electron chi connectivity index (χ2n) is 5.94. The van der Waals surface area contributed by atoms with Gasteiger partial charge in [0, 0.05) is 12.5 Å². The molecule has 0 atom stereocenters. The Kier molecular flexibility index (Phi) is 5.31. The Balaban J connectivity index is 1.79. The maximum Gasteiger partial charge on any atom is 0.306 e. The lowest BCUT2D eigenvalue weighted by atomic mass is 9.86. The van der Waals surface area contributed by atoms with Crippen molar-refractivity contribution in [2.24, 2.45) is 5.92 Å². The van der Waals surface area contributed by atoms with Gasteiger partial charge in [-0.25, -0.2) is 0 Å². The van der Waals surface area contributed by atoms with Gasteiger partial charge < -0.3 is 25.7 Å². The van der Waals surface area contributed by atoms with Gasteiger partial charge in [0.1, 0.15) is 0 Å². The Hall–Kier alpha value is -2.44. The van der Waals surface area contributed by atoms with E-state index in [0.29, 0.717) is 37.7 Å². The molecule has 0 bridgehead atoms. The molecule has 7 nitrogen and oxygen atoms in total. The van der Waals surface area contributed by atoms with E-state index in [-0.39, 0.29) is 24.3 Å². The summed E-state index contributed by atoms with van der Waals surface area (Å²) in [6.45, 7) is 0. The van der Waals surface area contributed by atoms with Crippen LogP contribution in [0.2, 0.25) is 0 Å². The number of amides is 1. The van der Waals surface area contributed by atoms with E-state index < -0.39 is 23.2 Å². The summed E-state index contributed by atoms with van der Waals surface area (Å²) >= 11 is 0. The Labute approximate surface area is 133 Å². The molecule has 1 saturated carbocycles. The first kappa shape index (κ1) is 16.9. The van der Waals surface area contributed by atoms with Crippen LogP contribution in [0.4, 0.5) is 0 Å². The topological polar surface area (TPSA) is 127 Å². The van der Waals surface area contributed by atoms with Gasteiger partial charge in [0.05, 0.1) is 5.92 Å². The van der Waals surface area contributed by atoms with E-state index in [0.717, 1.165) is 0 Å². The molecule has 23 heavy (non-hydrogen) atoms. The number of carboxylic acid groups (broad SMARTS) is 1. The number of nitrogens with one attached hydrogen (secondary N) is 1. The molecule has 0 heterocycles. The number of benzene rings is 1. The van der Waals surface area contributed by atoms with Gasteiger partial charge in [0.25, 0.3) is 0 Å². The van der Waals surface area contributed by atoms with Crippen molar-refractivity contribution in [3.63, 3.8) is 0 Å². The fourth-order valence-corrected chi connectivity index (χ4v) is 2.85. The normalized spacial score (nSPS) is 20.9. The van der Waals surface area contributed by atoms with Crippen LogP contribution in [0.3, 0.4) is 0 Å². The van der Waals surface area contributed by atoms with E-state index in [1.165, 1.54) is 12.1 Å². The Morgan fingerprint density at radius 1 is 1.04 bits per heavy atom. The van der Waals surface area contributed by atoms with Crippen molar-refractivity contribution in [1.29, 1.82) is 0 Å². The molecule has 126 valence electrons. The first-order chi connectivity index (χ1) is 10.9. The van der Waals surface area contributed by atoms with Gasteiger partial charge >= 0.3 is 5.97 Å². The lowest BCUT2D eigenvalue weighted by Crippen LogP contribution is -2.38. The number of carboxylic acids is 1. The third-order valence-electron chi connectivity index (χ3n) is 4.21. The minimum Gasteiger partial charge on any atom is -0.504 e. The molecule has 1 aromatic rings. The molecule has 2 rings (SSSR count). The second kappa shape index (κ2) is 7.21. The van der Waals surface area contributed by atoms with Gasteiger partial charge in [0.2, 0.25) is 5.91 Å². The maximum absolute atomic E-state index is 11.9. The first-order valence-electron chi connectivity index (χ1n) is 7.62. The second-order valence-corrected chi connectivity index (χ2v) is 5.94. The number of carbonyl (C=O) groups excluding carboxylic acids is 1. The van der Waals surface area contributed by atoms with Crippen molar-refractivity contribution >= 4 is 11.9 Å². The molecule has 7 heteroatoms. The number of aliphatic carboxylic acids is 1. The largest absolute Gasteiger partial charge is 0.504 e. The Bertz CT molecular complexity index is 569. The van der Waals surface area contributed by atoms with Crippen LogP contribution in [-0.4, -0.2) is 38.3 Å². The van der Waals surface area contributed by atoms with E-state index in [1.807, 2.05) is 0 Å². The summed E-state index contributed by atoms with van der Waals surface area (Å²) < 4.78 is 0. The van der Waals surface area contributed by atoms with Crippen LogP contribution in [0.5, 0.6) is 17.2 Å². The Morgan fingerprint density at radius 2 is 1.61 bits per heavy atom. The third kappa shape index (κ3) is 4.51. The SMILES string of the molecule is O=C(CCc1cc(O)c(O)c(O)c1)NC1CCC(C(=O)O)CC1. The summed E-state index contributed by atoms with van der Waals surface area (Å²) in [7, 11) is 0.